The van der Waals surface area contributed by atoms with Crippen molar-refractivity contribution in [2.24, 2.45) is 0 Å². The Labute approximate surface area is 129 Å². The molecular formula is C14H11BrCl2FN. The Morgan fingerprint density at radius 2 is 1.95 bits per heavy atom. The Hall–Kier alpha value is -0.770. The quantitative estimate of drug-likeness (QED) is 0.698. The van der Waals surface area contributed by atoms with E-state index in [2.05, 4.69) is 21.2 Å². The second-order valence-corrected chi connectivity index (χ2v) is 5.77. The highest BCUT2D eigenvalue weighted by Gasteiger charge is 2.13. The van der Waals surface area contributed by atoms with Crippen LogP contribution in [-0.4, -0.2) is 0 Å². The molecule has 1 unspecified atom stereocenters. The summed E-state index contributed by atoms with van der Waals surface area (Å²) in [6.45, 7) is 1.97. The number of nitrogens with one attached hydrogen (secondary N) is 1. The first-order valence-electron chi connectivity index (χ1n) is 5.64. The summed E-state index contributed by atoms with van der Waals surface area (Å²) in [6.07, 6.45) is 0. The van der Waals surface area contributed by atoms with Gasteiger partial charge in [-0.1, -0.05) is 35.3 Å². The summed E-state index contributed by atoms with van der Waals surface area (Å²) in [5.41, 5.74) is 1.69. The molecule has 2 aromatic carbocycles. The van der Waals surface area contributed by atoms with Gasteiger partial charge in [0.1, 0.15) is 5.82 Å². The van der Waals surface area contributed by atoms with Crippen LogP contribution >= 0.6 is 39.1 Å². The maximum atomic E-state index is 13.0. The number of benzene rings is 2. The van der Waals surface area contributed by atoms with E-state index in [1.165, 1.54) is 12.1 Å². The average Bonchev–Trinajstić information content (AvgIpc) is 2.36. The molecule has 0 saturated carbocycles. The summed E-state index contributed by atoms with van der Waals surface area (Å²) in [7, 11) is 0. The summed E-state index contributed by atoms with van der Waals surface area (Å²) in [5.74, 6) is -0.286. The summed E-state index contributed by atoms with van der Waals surface area (Å²) in [6, 6.07) is 9.94. The fourth-order valence-electron chi connectivity index (χ4n) is 1.77. The van der Waals surface area contributed by atoms with Gasteiger partial charge in [0.25, 0.3) is 0 Å². The minimum absolute atomic E-state index is 0.0482. The van der Waals surface area contributed by atoms with Crippen LogP contribution in [0.1, 0.15) is 18.5 Å². The van der Waals surface area contributed by atoms with E-state index < -0.39 is 0 Å². The molecule has 0 fully saturated rings. The molecule has 0 aliphatic carbocycles. The molecule has 0 radical (unpaired) electrons. The van der Waals surface area contributed by atoms with Gasteiger partial charge in [0.2, 0.25) is 0 Å². The molecule has 0 bridgehead atoms. The Bertz CT molecular complexity index is 604. The van der Waals surface area contributed by atoms with Crippen LogP contribution in [0.2, 0.25) is 10.0 Å². The van der Waals surface area contributed by atoms with Crippen molar-refractivity contribution < 1.29 is 4.39 Å². The monoisotopic (exact) mass is 361 g/mol. The molecule has 19 heavy (non-hydrogen) atoms. The van der Waals surface area contributed by atoms with E-state index in [0.29, 0.717) is 14.5 Å². The van der Waals surface area contributed by atoms with Gasteiger partial charge < -0.3 is 5.32 Å². The molecule has 0 amide bonds. The molecule has 0 aromatic heterocycles. The number of hydrogen-bond donors (Lipinski definition) is 1. The van der Waals surface area contributed by atoms with Crippen molar-refractivity contribution in [3.8, 4) is 0 Å². The molecule has 2 aromatic rings. The molecule has 100 valence electrons. The van der Waals surface area contributed by atoms with Crippen LogP contribution in [-0.2, 0) is 0 Å². The highest BCUT2D eigenvalue weighted by Crippen LogP contribution is 2.33. The molecule has 1 nitrogen and oxygen atoms in total. The molecule has 0 spiro atoms. The van der Waals surface area contributed by atoms with E-state index in [0.717, 1.165) is 11.3 Å². The molecule has 5 heteroatoms. The van der Waals surface area contributed by atoms with Gasteiger partial charge in [0, 0.05) is 10.2 Å². The first kappa shape index (κ1) is 14.6. The first-order valence-corrected chi connectivity index (χ1v) is 7.19. The maximum Gasteiger partial charge on any atom is 0.124 e. The Morgan fingerprint density at radius 1 is 1.21 bits per heavy atom. The standard InChI is InChI=1S/C14H11BrCl2FN/c1-8(10-3-2-4-12(16)14(10)17)19-13-6-5-9(18)7-11(13)15/h2-8,19H,1H3. The summed E-state index contributed by atoms with van der Waals surface area (Å²) in [4.78, 5) is 0. The molecule has 0 saturated heterocycles. The molecule has 0 heterocycles. The van der Waals surface area contributed by atoms with Crippen LogP contribution < -0.4 is 5.32 Å². The Balaban J connectivity index is 2.25. The van der Waals surface area contributed by atoms with Crippen LogP contribution in [0.5, 0.6) is 0 Å². The lowest BCUT2D eigenvalue weighted by Gasteiger charge is -2.18. The van der Waals surface area contributed by atoms with E-state index >= 15 is 0 Å². The van der Waals surface area contributed by atoms with Crippen LogP contribution in [0.25, 0.3) is 0 Å². The molecule has 0 aliphatic rings. The maximum absolute atomic E-state index is 13.0. The third-order valence-corrected chi connectivity index (χ3v) is 4.24. The zero-order valence-corrected chi connectivity index (χ0v) is 13.2. The van der Waals surface area contributed by atoms with Gasteiger partial charge in [0.05, 0.1) is 16.1 Å². The Kier molecular flexibility index (Phi) is 4.71. The highest BCUT2D eigenvalue weighted by atomic mass is 79.9. The second-order valence-electron chi connectivity index (χ2n) is 4.13. The fraction of sp³-hybridized carbons (Fsp3) is 0.143. The minimum atomic E-state index is -0.286. The number of hydrogen-bond acceptors (Lipinski definition) is 1. The van der Waals surface area contributed by atoms with Crippen molar-refractivity contribution >= 4 is 44.8 Å². The lowest BCUT2D eigenvalue weighted by atomic mass is 10.1. The van der Waals surface area contributed by atoms with Gasteiger partial charge in [0.15, 0.2) is 0 Å². The van der Waals surface area contributed by atoms with E-state index in [1.54, 1.807) is 12.1 Å². The molecule has 1 N–H and O–H groups in total. The fourth-order valence-corrected chi connectivity index (χ4v) is 2.71. The Morgan fingerprint density at radius 3 is 2.63 bits per heavy atom. The molecule has 0 aliphatic heterocycles. The second kappa shape index (κ2) is 6.12. The van der Waals surface area contributed by atoms with Gasteiger partial charge in [-0.15, -0.1) is 0 Å². The minimum Gasteiger partial charge on any atom is -0.378 e. The molecule has 2 rings (SSSR count). The van der Waals surface area contributed by atoms with Crippen molar-refractivity contribution in [2.45, 2.75) is 13.0 Å². The number of halogens is 4. The van der Waals surface area contributed by atoms with Gasteiger partial charge in [-0.05, 0) is 52.7 Å². The van der Waals surface area contributed by atoms with Crippen molar-refractivity contribution in [3.05, 3.63) is 62.3 Å². The van der Waals surface area contributed by atoms with Crippen LogP contribution in [0.15, 0.2) is 40.9 Å². The smallest absolute Gasteiger partial charge is 0.124 e. The zero-order chi connectivity index (χ0) is 14.0. The van der Waals surface area contributed by atoms with Gasteiger partial charge in [-0.2, -0.15) is 0 Å². The average molecular weight is 363 g/mol. The third kappa shape index (κ3) is 3.41. The number of rotatable bonds is 3. The normalized spacial score (nSPS) is 12.3. The summed E-state index contributed by atoms with van der Waals surface area (Å²) < 4.78 is 13.7. The van der Waals surface area contributed by atoms with Gasteiger partial charge >= 0.3 is 0 Å². The van der Waals surface area contributed by atoms with Crippen molar-refractivity contribution in [3.63, 3.8) is 0 Å². The van der Waals surface area contributed by atoms with Gasteiger partial charge in [-0.25, -0.2) is 4.39 Å². The van der Waals surface area contributed by atoms with E-state index in [1.807, 2.05) is 19.1 Å². The van der Waals surface area contributed by atoms with Crippen LogP contribution in [0.4, 0.5) is 10.1 Å². The van der Waals surface area contributed by atoms with Crippen molar-refractivity contribution in [1.82, 2.24) is 0 Å². The largest absolute Gasteiger partial charge is 0.378 e. The van der Waals surface area contributed by atoms with E-state index in [4.69, 9.17) is 23.2 Å². The first-order chi connectivity index (χ1) is 8.99. The van der Waals surface area contributed by atoms with Crippen molar-refractivity contribution in [2.75, 3.05) is 5.32 Å². The zero-order valence-electron chi connectivity index (χ0n) is 10.1. The summed E-state index contributed by atoms with van der Waals surface area (Å²) in [5, 5.41) is 4.31. The van der Waals surface area contributed by atoms with Crippen LogP contribution in [0.3, 0.4) is 0 Å². The number of anilines is 1. The van der Waals surface area contributed by atoms with E-state index in [9.17, 15) is 4.39 Å². The lowest BCUT2D eigenvalue weighted by Crippen LogP contribution is -2.07. The topological polar surface area (TPSA) is 12.0 Å². The van der Waals surface area contributed by atoms with Crippen molar-refractivity contribution in [1.29, 1.82) is 0 Å². The molecular weight excluding hydrogens is 352 g/mol. The molecule has 1 atom stereocenters. The predicted molar refractivity (Wildman–Crippen MR) is 82.6 cm³/mol. The SMILES string of the molecule is CC(Nc1ccc(F)cc1Br)c1cccc(Cl)c1Cl. The van der Waals surface area contributed by atoms with E-state index in [-0.39, 0.29) is 11.9 Å². The highest BCUT2D eigenvalue weighted by molar-refractivity contribution is 9.10. The van der Waals surface area contributed by atoms with Gasteiger partial charge in [-0.3, -0.25) is 0 Å². The third-order valence-electron chi connectivity index (χ3n) is 2.75. The predicted octanol–water partition coefficient (Wildman–Crippen LogP) is 6.07. The lowest BCUT2D eigenvalue weighted by molar-refractivity contribution is 0.627. The van der Waals surface area contributed by atoms with Crippen LogP contribution in [0, 0.1) is 5.82 Å². The summed E-state index contributed by atoms with van der Waals surface area (Å²) >= 11 is 15.5.